The summed E-state index contributed by atoms with van der Waals surface area (Å²) in [4.78, 5) is 42.2. The SMILES string of the molecule is CC(=O)c1ccc(NC(=O)c2ccnc(C(=O)N3CCCCC3)c2)cc1. The fourth-order valence-electron chi connectivity index (χ4n) is 2.94. The van der Waals surface area contributed by atoms with Gasteiger partial charge in [0, 0.05) is 36.1 Å². The third kappa shape index (κ3) is 4.14. The van der Waals surface area contributed by atoms with Gasteiger partial charge in [-0.1, -0.05) is 0 Å². The second-order valence-electron chi connectivity index (χ2n) is 6.37. The van der Waals surface area contributed by atoms with E-state index in [4.69, 9.17) is 0 Å². The van der Waals surface area contributed by atoms with Crippen LogP contribution in [0.2, 0.25) is 0 Å². The molecule has 0 radical (unpaired) electrons. The van der Waals surface area contributed by atoms with Crippen LogP contribution < -0.4 is 5.32 Å². The molecular weight excluding hydrogens is 330 g/mol. The molecule has 6 nitrogen and oxygen atoms in total. The summed E-state index contributed by atoms with van der Waals surface area (Å²) < 4.78 is 0. The molecule has 1 fully saturated rings. The first-order valence-corrected chi connectivity index (χ1v) is 8.72. The Balaban J connectivity index is 1.71. The fraction of sp³-hybridized carbons (Fsp3) is 0.300. The molecule has 2 aromatic rings. The first-order chi connectivity index (χ1) is 12.5. The van der Waals surface area contributed by atoms with Gasteiger partial charge in [0.1, 0.15) is 5.69 Å². The second kappa shape index (κ2) is 7.91. The molecule has 6 heteroatoms. The van der Waals surface area contributed by atoms with E-state index in [1.807, 2.05) is 0 Å². The van der Waals surface area contributed by atoms with Gasteiger partial charge in [0.2, 0.25) is 0 Å². The molecule has 1 aromatic heterocycles. The first-order valence-electron chi connectivity index (χ1n) is 8.72. The van der Waals surface area contributed by atoms with E-state index in [0.29, 0.717) is 16.8 Å². The molecule has 1 saturated heterocycles. The highest BCUT2D eigenvalue weighted by Crippen LogP contribution is 2.15. The number of rotatable bonds is 4. The van der Waals surface area contributed by atoms with Crippen molar-refractivity contribution in [2.75, 3.05) is 18.4 Å². The van der Waals surface area contributed by atoms with Crippen molar-refractivity contribution in [1.82, 2.24) is 9.88 Å². The lowest BCUT2D eigenvalue weighted by atomic mass is 10.1. The summed E-state index contributed by atoms with van der Waals surface area (Å²) >= 11 is 0. The molecule has 0 saturated carbocycles. The zero-order chi connectivity index (χ0) is 18.5. The number of piperidine rings is 1. The number of aromatic nitrogens is 1. The largest absolute Gasteiger partial charge is 0.337 e. The summed E-state index contributed by atoms with van der Waals surface area (Å²) in [7, 11) is 0. The van der Waals surface area contributed by atoms with Crippen molar-refractivity contribution < 1.29 is 14.4 Å². The molecule has 0 bridgehead atoms. The van der Waals surface area contributed by atoms with Crippen LogP contribution in [0.15, 0.2) is 42.6 Å². The highest BCUT2D eigenvalue weighted by atomic mass is 16.2. The van der Waals surface area contributed by atoms with Crippen LogP contribution in [0, 0.1) is 0 Å². The topological polar surface area (TPSA) is 79.4 Å². The monoisotopic (exact) mass is 351 g/mol. The summed E-state index contributed by atoms with van der Waals surface area (Å²) in [6, 6.07) is 9.78. The number of carbonyl (C=O) groups is 3. The van der Waals surface area contributed by atoms with E-state index in [2.05, 4.69) is 10.3 Å². The van der Waals surface area contributed by atoms with Gasteiger partial charge >= 0.3 is 0 Å². The Bertz CT molecular complexity index is 824. The summed E-state index contributed by atoms with van der Waals surface area (Å²) in [5, 5.41) is 2.77. The number of nitrogens with zero attached hydrogens (tertiary/aromatic N) is 2. The van der Waals surface area contributed by atoms with Crippen molar-refractivity contribution in [2.45, 2.75) is 26.2 Å². The quantitative estimate of drug-likeness (QED) is 0.858. The predicted molar refractivity (Wildman–Crippen MR) is 98.4 cm³/mol. The Hall–Kier alpha value is -3.02. The van der Waals surface area contributed by atoms with Crippen LogP contribution in [0.1, 0.15) is 57.4 Å². The van der Waals surface area contributed by atoms with Crippen LogP contribution in [-0.4, -0.2) is 40.6 Å². The van der Waals surface area contributed by atoms with Gasteiger partial charge in [-0.15, -0.1) is 0 Å². The molecule has 1 aliphatic heterocycles. The standard InChI is InChI=1S/C20H21N3O3/c1-14(24)15-5-7-17(8-6-15)22-19(25)16-9-10-21-18(13-16)20(26)23-11-3-2-4-12-23/h5-10,13H,2-4,11-12H2,1H3,(H,22,25). The Morgan fingerprint density at radius 1 is 0.962 bits per heavy atom. The maximum Gasteiger partial charge on any atom is 0.272 e. The average molecular weight is 351 g/mol. The van der Waals surface area contributed by atoms with Crippen molar-refractivity contribution in [3.8, 4) is 0 Å². The lowest BCUT2D eigenvalue weighted by molar-refractivity contribution is 0.0718. The van der Waals surface area contributed by atoms with E-state index in [-0.39, 0.29) is 23.3 Å². The van der Waals surface area contributed by atoms with Crippen LogP contribution in [0.3, 0.4) is 0 Å². The van der Waals surface area contributed by atoms with E-state index in [1.165, 1.54) is 19.2 Å². The molecule has 2 heterocycles. The van der Waals surface area contributed by atoms with Gasteiger partial charge in [-0.05, 0) is 62.6 Å². The molecule has 26 heavy (non-hydrogen) atoms. The van der Waals surface area contributed by atoms with Gasteiger partial charge in [-0.3, -0.25) is 19.4 Å². The minimum Gasteiger partial charge on any atom is -0.337 e. The fourth-order valence-corrected chi connectivity index (χ4v) is 2.94. The summed E-state index contributed by atoms with van der Waals surface area (Å²) in [6.07, 6.45) is 4.62. The molecule has 1 aromatic carbocycles. The van der Waals surface area contributed by atoms with Crippen molar-refractivity contribution in [2.24, 2.45) is 0 Å². The molecule has 134 valence electrons. The van der Waals surface area contributed by atoms with E-state index >= 15 is 0 Å². The number of ketones is 1. The minimum atomic E-state index is -0.323. The molecule has 2 amide bonds. The number of nitrogens with one attached hydrogen (secondary N) is 1. The van der Waals surface area contributed by atoms with E-state index in [0.717, 1.165) is 32.4 Å². The molecular formula is C20H21N3O3. The Kier molecular flexibility index (Phi) is 5.41. The van der Waals surface area contributed by atoms with Crippen LogP contribution in [-0.2, 0) is 0 Å². The summed E-state index contributed by atoms with van der Waals surface area (Å²) in [6.45, 7) is 2.96. The van der Waals surface area contributed by atoms with Gasteiger partial charge in [-0.25, -0.2) is 0 Å². The van der Waals surface area contributed by atoms with Gasteiger partial charge in [0.15, 0.2) is 5.78 Å². The number of anilines is 1. The van der Waals surface area contributed by atoms with Crippen molar-refractivity contribution in [3.05, 3.63) is 59.4 Å². The molecule has 0 aliphatic carbocycles. The van der Waals surface area contributed by atoms with E-state index in [1.54, 1.807) is 35.2 Å². The van der Waals surface area contributed by atoms with Crippen LogP contribution in [0.5, 0.6) is 0 Å². The van der Waals surface area contributed by atoms with E-state index in [9.17, 15) is 14.4 Å². The third-order valence-corrected chi connectivity index (χ3v) is 4.43. The Labute approximate surface area is 152 Å². The smallest absolute Gasteiger partial charge is 0.272 e. The number of amides is 2. The molecule has 0 unspecified atom stereocenters. The number of carbonyl (C=O) groups excluding carboxylic acids is 3. The molecule has 1 aliphatic rings. The van der Waals surface area contributed by atoms with Gasteiger partial charge in [0.25, 0.3) is 11.8 Å². The highest BCUT2D eigenvalue weighted by molar-refractivity contribution is 6.06. The summed E-state index contributed by atoms with van der Waals surface area (Å²) in [5.41, 5.74) is 1.82. The van der Waals surface area contributed by atoms with Crippen LogP contribution >= 0.6 is 0 Å². The maximum absolute atomic E-state index is 12.5. The molecule has 1 N–H and O–H groups in total. The van der Waals surface area contributed by atoms with Crippen molar-refractivity contribution in [1.29, 1.82) is 0 Å². The van der Waals surface area contributed by atoms with Crippen LogP contribution in [0.4, 0.5) is 5.69 Å². The van der Waals surface area contributed by atoms with Gasteiger partial charge in [-0.2, -0.15) is 0 Å². The number of likely N-dealkylation sites (tertiary alicyclic amines) is 1. The van der Waals surface area contributed by atoms with Gasteiger partial charge in [0.05, 0.1) is 0 Å². The number of benzene rings is 1. The van der Waals surface area contributed by atoms with Crippen molar-refractivity contribution >= 4 is 23.3 Å². The highest BCUT2D eigenvalue weighted by Gasteiger charge is 2.20. The molecule has 3 rings (SSSR count). The Morgan fingerprint density at radius 3 is 2.31 bits per heavy atom. The number of pyridine rings is 1. The number of Topliss-reactive ketones (excluding diaryl/α,β-unsaturated/α-hetero) is 1. The van der Waals surface area contributed by atoms with E-state index < -0.39 is 0 Å². The lowest BCUT2D eigenvalue weighted by Gasteiger charge is -2.26. The van der Waals surface area contributed by atoms with Crippen molar-refractivity contribution in [3.63, 3.8) is 0 Å². The minimum absolute atomic E-state index is 0.0297. The number of hydrogen-bond acceptors (Lipinski definition) is 4. The van der Waals surface area contributed by atoms with Crippen LogP contribution in [0.25, 0.3) is 0 Å². The zero-order valence-corrected chi connectivity index (χ0v) is 14.7. The predicted octanol–water partition coefficient (Wildman–Crippen LogP) is 3.16. The van der Waals surface area contributed by atoms with Gasteiger partial charge < -0.3 is 10.2 Å². The lowest BCUT2D eigenvalue weighted by Crippen LogP contribution is -2.36. The molecule has 0 spiro atoms. The molecule has 0 atom stereocenters. The summed E-state index contributed by atoms with van der Waals surface area (Å²) in [5.74, 6) is -0.487. The third-order valence-electron chi connectivity index (χ3n) is 4.43. The number of hydrogen-bond donors (Lipinski definition) is 1. The normalized spacial score (nSPS) is 14.0. The Morgan fingerprint density at radius 2 is 1.65 bits per heavy atom. The first kappa shape index (κ1) is 17.8. The average Bonchev–Trinajstić information content (AvgIpc) is 2.68. The maximum atomic E-state index is 12.5. The zero-order valence-electron chi connectivity index (χ0n) is 14.7. The second-order valence-corrected chi connectivity index (χ2v) is 6.37.